The zero-order valence-corrected chi connectivity index (χ0v) is 24.6. The highest BCUT2D eigenvalue weighted by Crippen LogP contribution is 2.48. The lowest BCUT2D eigenvalue weighted by Crippen LogP contribution is -2.59. The molecule has 0 spiro atoms. The van der Waals surface area contributed by atoms with Crippen LogP contribution in [0.25, 0.3) is 10.9 Å². The van der Waals surface area contributed by atoms with E-state index in [0.717, 1.165) is 0 Å². The molecule has 2 heteroatoms. The largest absolute Gasteiger partial charge is 0.363 e. The number of aromatic nitrogens is 1. The number of nitrogens with one attached hydrogen (secondary N) is 1. The molecule has 1 aromatic carbocycles. The summed E-state index contributed by atoms with van der Waals surface area (Å²) >= 11 is 0. The predicted octanol–water partition coefficient (Wildman–Crippen LogP) is 9.58. The molecule has 188 valence electrons. The third-order valence-corrected chi connectivity index (χ3v) is 6.97. The number of aromatic amines is 1. The SMILES string of the molecule is CC(C)(C)CC(C(N(c1ccc2[nH]cc(C(C)(C)C)c2c1)C(C)(C)C)C(C)(C)C)C(C)(C)C. The van der Waals surface area contributed by atoms with E-state index in [4.69, 9.17) is 0 Å². The normalized spacial score (nSPS) is 16.2. The second-order valence-electron chi connectivity index (χ2n) is 15.8. The second kappa shape index (κ2) is 8.65. The summed E-state index contributed by atoms with van der Waals surface area (Å²) in [5.41, 5.74) is 4.64. The maximum atomic E-state index is 3.52. The van der Waals surface area contributed by atoms with Crippen LogP contribution in [0, 0.1) is 22.2 Å². The molecule has 33 heavy (non-hydrogen) atoms. The molecule has 0 bridgehead atoms. The van der Waals surface area contributed by atoms with Crippen molar-refractivity contribution in [1.82, 2.24) is 4.98 Å². The van der Waals surface area contributed by atoms with E-state index in [2.05, 4.69) is 138 Å². The lowest BCUT2D eigenvalue weighted by molar-refractivity contribution is 0.0726. The van der Waals surface area contributed by atoms with Crippen LogP contribution in [0.2, 0.25) is 0 Å². The van der Waals surface area contributed by atoms with Gasteiger partial charge in [0.15, 0.2) is 0 Å². The molecule has 0 saturated carbocycles. The summed E-state index contributed by atoms with van der Waals surface area (Å²) in [5, 5.41) is 1.35. The number of rotatable bonds is 4. The van der Waals surface area contributed by atoms with Gasteiger partial charge in [-0.3, -0.25) is 0 Å². The molecule has 0 aliphatic rings. The van der Waals surface area contributed by atoms with Crippen molar-refractivity contribution in [2.24, 2.45) is 22.2 Å². The van der Waals surface area contributed by atoms with Crippen LogP contribution >= 0.6 is 0 Å². The molecular weight excluding hydrogens is 400 g/mol. The summed E-state index contributed by atoms with van der Waals surface area (Å²) in [5.74, 6) is 0.542. The van der Waals surface area contributed by atoms with Crippen molar-refractivity contribution in [3.8, 4) is 0 Å². The molecule has 0 radical (unpaired) electrons. The number of hydrogen-bond donors (Lipinski definition) is 1. The summed E-state index contributed by atoms with van der Waals surface area (Å²) < 4.78 is 0. The van der Waals surface area contributed by atoms with E-state index >= 15 is 0 Å². The van der Waals surface area contributed by atoms with Crippen molar-refractivity contribution in [2.75, 3.05) is 4.90 Å². The molecule has 2 rings (SSSR count). The average Bonchev–Trinajstić information content (AvgIpc) is 2.97. The van der Waals surface area contributed by atoms with Crippen LogP contribution in [0.3, 0.4) is 0 Å². The minimum atomic E-state index is -0.00872. The van der Waals surface area contributed by atoms with Gasteiger partial charge < -0.3 is 9.88 Å². The highest BCUT2D eigenvalue weighted by atomic mass is 15.2. The van der Waals surface area contributed by atoms with Gasteiger partial charge in [-0.25, -0.2) is 0 Å². The first-order chi connectivity index (χ1) is 14.5. The highest BCUT2D eigenvalue weighted by molar-refractivity contribution is 5.87. The van der Waals surface area contributed by atoms with Gasteiger partial charge in [-0.15, -0.1) is 0 Å². The zero-order valence-electron chi connectivity index (χ0n) is 24.6. The third kappa shape index (κ3) is 6.58. The number of hydrogen-bond acceptors (Lipinski definition) is 1. The summed E-state index contributed by atoms with van der Waals surface area (Å²) in [6.07, 6.45) is 3.40. The van der Waals surface area contributed by atoms with Gasteiger partial charge in [0.1, 0.15) is 0 Å². The van der Waals surface area contributed by atoms with Gasteiger partial charge in [-0.05, 0) is 78.5 Å². The Morgan fingerprint density at radius 1 is 0.758 bits per heavy atom. The predicted molar refractivity (Wildman–Crippen MR) is 149 cm³/mol. The van der Waals surface area contributed by atoms with Crippen LogP contribution < -0.4 is 4.90 Å². The van der Waals surface area contributed by atoms with Gasteiger partial charge in [0.25, 0.3) is 0 Å². The van der Waals surface area contributed by atoms with Gasteiger partial charge >= 0.3 is 0 Å². The van der Waals surface area contributed by atoms with E-state index < -0.39 is 0 Å². The van der Waals surface area contributed by atoms with E-state index in [9.17, 15) is 0 Å². The first-order valence-corrected chi connectivity index (χ1v) is 12.9. The third-order valence-electron chi connectivity index (χ3n) is 6.97. The van der Waals surface area contributed by atoms with Crippen LogP contribution in [0.4, 0.5) is 5.69 Å². The fourth-order valence-electron chi connectivity index (χ4n) is 5.57. The van der Waals surface area contributed by atoms with Crippen LogP contribution in [-0.4, -0.2) is 16.6 Å². The minimum Gasteiger partial charge on any atom is -0.363 e. The molecule has 2 atom stereocenters. The molecule has 1 aromatic heterocycles. The summed E-state index contributed by atoms with van der Waals surface area (Å²) in [7, 11) is 0. The Labute approximate surface area is 205 Å². The number of fused-ring (bicyclic) bond motifs is 1. The Hall–Kier alpha value is -1.44. The van der Waals surface area contributed by atoms with Gasteiger partial charge in [0, 0.05) is 34.4 Å². The Morgan fingerprint density at radius 3 is 1.70 bits per heavy atom. The van der Waals surface area contributed by atoms with Gasteiger partial charge in [0.2, 0.25) is 0 Å². The van der Waals surface area contributed by atoms with Crippen LogP contribution in [0.15, 0.2) is 24.4 Å². The first-order valence-electron chi connectivity index (χ1n) is 12.9. The van der Waals surface area contributed by atoms with Crippen molar-refractivity contribution in [2.45, 2.75) is 127 Å². The summed E-state index contributed by atoms with van der Waals surface area (Å²) in [4.78, 5) is 6.28. The monoisotopic (exact) mass is 454 g/mol. The molecule has 0 aliphatic heterocycles. The molecule has 1 N–H and O–H groups in total. The van der Waals surface area contributed by atoms with E-state index in [0.29, 0.717) is 12.0 Å². The average molecular weight is 455 g/mol. The second-order valence-corrected chi connectivity index (χ2v) is 15.8. The Bertz CT molecular complexity index is 927. The molecule has 2 aromatic rings. The quantitative estimate of drug-likeness (QED) is 0.487. The molecule has 2 unspecified atom stereocenters. The van der Waals surface area contributed by atoms with Crippen molar-refractivity contribution < 1.29 is 0 Å². The first kappa shape index (κ1) is 27.8. The van der Waals surface area contributed by atoms with Gasteiger partial charge in [0.05, 0.1) is 0 Å². The lowest BCUT2D eigenvalue weighted by Gasteiger charge is -2.56. The number of nitrogens with zero attached hydrogens (tertiary/aromatic N) is 1. The van der Waals surface area contributed by atoms with E-state index in [1.54, 1.807) is 0 Å². The maximum absolute atomic E-state index is 3.52. The van der Waals surface area contributed by atoms with Crippen molar-refractivity contribution in [3.63, 3.8) is 0 Å². The molecule has 2 nitrogen and oxygen atoms in total. The van der Waals surface area contributed by atoms with Crippen molar-refractivity contribution >= 4 is 16.6 Å². The molecule has 0 saturated heterocycles. The molecular formula is C31H54N2. The molecule has 1 heterocycles. The van der Waals surface area contributed by atoms with E-state index in [1.165, 1.54) is 28.6 Å². The van der Waals surface area contributed by atoms with Gasteiger partial charge in [-0.1, -0.05) is 83.1 Å². The fraction of sp³-hybridized carbons (Fsp3) is 0.742. The summed E-state index contributed by atoms with van der Waals surface area (Å²) in [6.45, 7) is 35.9. The van der Waals surface area contributed by atoms with Crippen LogP contribution in [-0.2, 0) is 5.41 Å². The van der Waals surface area contributed by atoms with Crippen LogP contribution in [0.5, 0.6) is 0 Å². The Kier molecular flexibility index (Phi) is 7.29. The number of anilines is 1. The minimum absolute atomic E-state index is 0.00872. The van der Waals surface area contributed by atoms with E-state index in [-0.39, 0.29) is 27.2 Å². The van der Waals surface area contributed by atoms with Crippen molar-refractivity contribution in [3.05, 3.63) is 30.0 Å². The highest BCUT2D eigenvalue weighted by Gasteiger charge is 2.46. The number of H-pyrrole nitrogens is 1. The standard InChI is InChI=1S/C31H54N2/c1-27(2,3)19-23(28(4,5)6)26(30(10,11)12)33(31(13,14)15)21-16-17-25-22(18-21)24(20-32-25)29(7,8)9/h16-18,20,23,26,32H,19H2,1-15H3. The van der Waals surface area contributed by atoms with Crippen molar-refractivity contribution in [1.29, 1.82) is 0 Å². The van der Waals surface area contributed by atoms with Crippen LogP contribution in [0.1, 0.15) is 116 Å². The molecule has 0 aliphatic carbocycles. The van der Waals surface area contributed by atoms with E-state index in [1.807, 2.05) is 0 Å². The topological polar surface area (TPSA) is 19.0 Å². The summed E-state index contributed by atoms with van der Waals surface area (Å²) in [6, 6.07) is 7.47. The Balaban J connectivity index is 2.82. The zero-order chi connectivity index (χ0) is 25.8. The number of benzene rings is 1. The smallest absolute Gasteiger partial charge is 0.0458 e. The lowest BCUT2D eigenvalue weighted by atomic mass is 9.62. The fourth-order valence-corrected chi connectivity index (χ4v) is 5.57. The Morgan fingerprint density at radius 2 is 1.30 bits per heavy atom. The maximum Gasteiger partial charge on any atom is 0.0458 e. The van der Waals surface area contributed by atoms with Gasteiger partial charge in [-0.2, -0.15) is 0 Å². The molecule has 0 amide bonds. The molecule has 0 fully saturated rings.